The molecule has 0 unspecified atom stereocenters. The number of carbonyl (C=O) groups is 2. The molecule has 0 saturated carbocycles. The number of ether oxygens (including phenoxy) is 2. The van der Waals surface area contributed by atoms with Crippen molar-refractivity contribution >= 4 is 11.9 Å². The van der Waals surface area contributed by atoms with Crippen LogP contribution in [0.25, 0.3) is 0 Å². The Balaban J connectivity index is 2.19. The molecule has 0 N–H and O–H groups in total. The summed E-state index contributed by atoms with van der Waals surface area (Å²) in [6.07, 6.45) is 5.27. The number of carbonyl (C=O) groups excluding carboxylic acids is 2. The molecule has 76 valence electrons. The monoisotopic (exact) mass is 196 g/mol. The number of rotatable bonds is 1. The average Bonchev–Trinajstić information content (AvgIpc) is 2.53. The van der Waals surface area contributed by atoms with Crippen LogP contribution in [0.5, 0.6) is 0 Å². The average molecular weight is 196 g/mol. The Kier molecular flexibility index (Phi) is 2.27. The van der Waals surface area contributed by atoms with Gasteiger partial charge in [0.25, 0.3) is 0 Å². The Morgan fingerprint density at radius 2 is 2.21 bits per heavy atom. The number of allylic oxidation sites excluding steroid dienone is 1. The molecule has 1 fully saturated rings. The van der Waals surface area contributed by atoms with Crippen LogP contribution in [0.3, 0.4) is 0 Å². The lowest BCUT2D eigenvalue weighted by molar-refractivity contribution is -0.155. The molecule has 2 rings (SSSR count). The first-order chi connectivity index (χ1) is 6.74. The lowest BCUT2D eigenvalue weighted by Gasteiger charge is -2.20. The van der Waals surface area contributed by atoms with Crippen molar-refractivity contribution in [3.63, 3.8) is 0 Å². The van der Waals surface area contributed by atoms with Gasteiger partial charge < -0.3 is 9.47 Å². The van der Waals surface area contributed by atoms with E-state index in [0.29, 0.717) is 6.42 Å². The summed E-state index contributed by atoms with van der Waals surface area (Å²) in [5.41, 5.74) is 0. The van der Waals surface area contributed by atoms with E-state index in [4.69, 9.17) is 4.74 Å². The van der Waals surface area contributed by atoms with Gasteiger partial charge in [0, 0.05) is 12.3 Å². The lowest BCUT2D eigenvalue weighted by atomic mass is 9.83. The minimum Gasteiger partial charge on any atom is -0.468 e. The third kappa shape index (κ3) is 1.31. The molecule has 14 heavy (non-hydrogen) atoms. The molecular formula is C10H12O4. The maximum absolute atomic E-state index is 11.4. The van der Waals surface area contributed by atoms with Gasteiger partial charge in [0.1, 0.15) is 6.10 Å². The number of esters is 2. The molecule has 0 bridgehead atoms. The van der Waals surface area contributed by atoms with Crippen molar-refractivity contribution in [2.75, 3.05) is 7.11 Å². The van der Waals surface area contributed by atoms with E-state index in [0.717, 1.165) is 6.42 Å². The molecule has 0 radical (unpaired) electrons. The SMILES string of the molecule is COC(=O)[C@H]1C(=O)O[C@H]2CC=CC[C@@H]12. The standard InChI is InChI=1S/C10H12O4/c1-13-9(11)8-6-4-2-3-5-7(6)14-10(8)12/h2-3,6-8H,4-5H2,1H3/t6-,7+,8+/m1/s1. The van der Waals surface area contributed by atoms with E-state index >= 15 is 0 Å². The fraction of sp³-hybridized carbons (Fsp3) is 0.600. The third-order valence-electron chi connectivity index (χ3n) is 2.83. The Hall–Kier alpha value is -1.32. The van der Waals surface area contributed by atoms with Crippen LogP contribution in [-0.2, 0) is 19.1 Å². The van der Waals surface area contributed by atoms with Crippen molar-refractivity contribution in [1.82, 2.24) is 0 Å². The van der Waals surface area contributed by atoms with Crippen LogP contribution in [0.15, 0.2) is 12.2 Å². The summed E-state index contributed by atoms with van der Waals surface area (Å²) in [4.78, 5) is 22.7. The molecule has 0 aromatic heterocycles. The van der Waals surface area contributed by atoms with E-state index < -0.39 is 17.9 Å². The zero-order valence-electron chi connectivity index (χ0n) is 7.93. The van der Waals surface area contributed by atoms with Gasteiger partial charge in [-0.3, -0.25) is 9.59 Å². The summed E-state index contributed by atoms with van der Waals surface area (Å²) in [5, 5.41) is 0. The molecule has 4 heteroatoms. The maximum atomic E-state index is 11.4. The van der Waals surface area contributed by atoms with Crippen LogP contribution in [-0.4, -0.2) is 25.2 Å². The lowest BCUT2D eigenvalue weighted by Crippen LogP contribution is -2.29. The van der Waals surface area contributed by atoms with Gasteiger partial charge in [0.05, 0.1) is 7.11 Å². The van der Waals surface area contributed by atoms with Gasteiger partial charge in [0.15, 0.2) is 5.92 Å². The summed E-state index contributed by atoms with van der Waals surface area (Å²) in [6.45, 7) is 0. The second-order valence-electron chi connectivity index (χ2n) is 3.58. The van der Waals surface area contributed by atoms with Gasteiger partial charge in [0.2, 0.25) is 0 Å². The first-order valence-electron chi connectivity index (χ1n) is 4.67. The number of hydrogen-bond acceptors (Lipinski definition) is 4. The number of hydrogen-bond donors (Lipinski definition) is 0. The quantitative estimate of drug-likeness (QED) is 0.351. The van der Waals surface area contributed by atoms with Gasteiger partial charge >= 0.3 is 11.9 Å². The molecule has 0 amide bonds. The zero-order chi connectivity index (χ0) is 10.1. The van der Waals surface area contributed by atoms with Crippen molar-refractivity contribution < 1.29 is 19.1 Å². The van der Waals surface area contributed by atoms with Crippen molar-refractivity contribution in [1.29, 1.82) is 0 Å². The van der Waals surface area contributed by atoms with E-state index in [-0.39, 0.29) is 12.0 Å². The van der Waals surface area contributed by atoms with Gasteiger partial charge in [-0.2, -0.15) is 0 Å². The molecule has 0 aromatic rings. The fourth-order valence-corrected chi connectivity index (χ4v) is 2.09. The van der Waals surface area contributed by atoms with E-state index in [1.807, 2.05) is 12.2 Å². The van der Waals surface area contributed by atoms with Crippen molar-refractivity contribution in [3.8, 4) is 0 Å². The second kappa shape index (κ2) is 3.44. The summed E-state index contributed by atoms with van der Waals surface area (Å²) in [6, 6.07) is 0. The van der Waals surface area contributed by atoms with Crippen LogP contribution in [0, 0.1) is 11.8 Å². The molecule has 3 atom stereocenters. The highest BCUT2D eigenvalue weighted by Crippen LogP contribution is 2.36. The second-order valence-corrected chi connectivity index (χ2v) is 3.58. The molecule has 1 aliphatic heterocycles. The number of fused-ring (bicyclic) bond motifs is 1. The van der Waals surface area contributed by atoms with Gasteiger partial charge in [-0.1, -0.05) is 12.2 Å². The fourth-order valence-electron chi connectivity index (χ4n) is 2.09. The van der Waals surface area contributed by atoms with E-state index in [2.05, 4.69) is 4.74 Å². The van der Waals surface area contributed by atoms with Gasteiger partial charge in [-0.15, -0.1) is 0 Å². The van der Waals surface area contributed by atoms with Crippen LogP contribution < -0.4 is 0 Å². The molecular weight excluding hydrogens is 184 g/mol. The Morgan fingerprint density at radius 3 is 2.93 bits per heavy atom. The normalized spacial score (nSPS) is 34.9. The number of methoxy groups -OCH3 is 1. The van der Waals surface area contributed by atoms with Crippen molar-refractivity contribution in [3.05, 3.63) is 12.2 Å². The summed E-state index contributed by atoms with van der Waals surface area (Å²) in [5.74, 6) is -1.65. The molecule has 0 aromatic carbocycles. The van der Waals surface area contributed by atoms with Crippen molar-refractivity contribution in [2.45, 2.75) is 18.9 Å². The molecule has 2 aliphatic rings. The predicted molar refractivity (Wildman–Crippen MR) is 47.3 cm³/mol. The zero-order valence-corrected chi connectivity index (χ0v) is 7.93. The van der Waals surface area contributed by atoms with E-state index in [1.54, 1.807) is 0 Å². The maximum Gasteiger partial charge on any atom is 0.321 e. The molecule has 1 saturated heterocycles. The highest BCUT2D eigenvalue weighted by molar-refractivity contribution is 5.96. The smallest absolute Gasteiger partial charge is 0.321 e. The highest BCUT2D eigenvalue weighted by atomic mass is 16.6. The van der Waals surface area contributed by atoms with Crippen LogP contribution in [0.4, 0.5) is 0 Å². The summed E-state index contributed by atoms with van der Waals surface area (Å²) >= 11 is 0. The van der Waals surface area contributed by atoms with Crippen LogP contribution in [0.2, 0.25) is 0 Å². The minimum atomic E-state index is -0.713. The molecule has 4 nitrogen and oxygen atoms in total. The highest BCUT2D eigenvalue weighted by Gasteiger charge is 2.49. The van der Waals surface area contributed by atoms with Gasteiger partial charge in [-0.05, 0) is 6.42 Å². The Bertz CT molecular complexity index is 294. The molecule has 1 heterocycles. The third-order valence-corrected chi connectivity index (χ3v) is 2.83. The topological polar surface area (TPSA) is 52.6 Å². The predicted octanol–water partition coefficient (Wildman–Crippen LogP) is 0.667. The van der Waals surface area contributed by atoms with Crippen LogP contribution >= 0.6 is 0 Å². The van der Waals surface area contributed by atoms with E-state index in [1.165, 1.54) is 7.11 Å². The van der Waals surface area contributed by atoms with E-state index in [9.17, 15) is 9.59 Å². The first kappa shape index (κ1) is 9.24. The largest absolute Gasteiger partial charge is 0.468 e. The van der Waals surface area contributed by atoms with Gasteiger partial charge in [-0.25, -0.2) is 0 Å². The Morgan fingerprint density at radius 1 is 1.50 bits per heavy atom. The summed E-state index contributed by atoms with van der Waals surface area (Å²) < 4.78 is 9.70. The molecule has 0 spiro atoms. The Labute approximate surface area is 81.9 Å². The van der Waals surface area contributed by atoms with Crippen molar-refractivity contribution in [2.24, 2.45) is 11.8 Å². The molecule has 1 aliphatic carbocycles. The minimum absolute atomic E-state index is 0.0278. The summed E-state index contributed by atoms with van der Waals surface area (Å²) in [7, 11) is 1.29. The van der Waals surface area contributed by atoms with Crippen LogP contribution in [0.1, 0.15) is 12.8 Å². The first-order valence-corrected chi connectivity index (χ1v) is 4.67.